The van der Waals surface area contributed by atoms with Crippen LogP contribution in [-0.4, -0.2) is 21.0 Å². The second-order valence-corrected chi connectivity index (χ2v) is 5.34. The number of nitrogen functional groups attached to an aromatic ring is 1. The number of anilines is 2. The molecule has 0 aliphatic carbocycles. The van der Waals surface area contributed by atoms with Crippen LogP contribution < -0.4 is 11.1 Å². The molecule has 0 fully saturated rings. The molecular weight excluding hydrogens is 262 g/mol. The molecule has 1 atom stereocenters. The molecule has 0 amide bonds. The third-order valence-electron chi connectivity index (χ3n) is 3.45. The van der Waals surface area contributed by atoms with Crippen molar-refractivity contribution in [1.29, 1.82) is 0 Å². The highest BCUT2D eigenvalue weighted by atomic mass is 15.2. The van der Waals surface area contributed by atoms with Gasteiger partial charge in [0.25, 0.3) is 0 Å². The number of nitrogens with zero attached hydrogens (tertiary/aromatic N) is 3. The van der Waals surface area contributed by atoms with E-state index in [2.05, 4.69) is 58.4 Å². The first-order chi connectivity index (χ1) is 10.1. The zero-order valence-electron chi connectivity index (χ0n) is 12.9. The molecule has 1 aromatic heterocycles. The minimum Gasteiger partial charge on any atom is -0.368 e. The molecule has 2 aromatic rings. The summed E-state index contributed by atoms with van der Waals surface area (Å²) in [5, 5.41) is 3.35. The molecular formula is C16H23N5. The van der Waals surface area contributed by atoms with E-state index in [0.29, 0.717) is 17.8 Å². The molecule has 112 valence electrons. The molecule has 0 spiro atoms. The predicted molar refractivity (Wildman–Crippen MR) is 86.2 cm³/mol. The first-order valence-corrected chi connectivity index (χ1v) is 7.37. The normalized spacial score (nSPS) is 12.1. The monoisotopic (exact) mass is 285 g/mol. The number of hydrogen-bond acceptors (Lipinski definition) is 5. The van der Waals surface area contributed by atoms with Gasteiger partial charge in [-0.25, -0.2) is 0 Å². The Balaban J connectivity index is 1.96. The molecule has 0 radical (unpaired) electrons. The van der Waals surface area contributed by atoms with Crippen molar-refractivity contribution in [3.63, 3.8) is 0 Å². The number of benzene rings is 1. The Morgan fingerprint density at radius 3 is 2.67 bits per heavy atom. The van der Waals surface area contributed by atoms with Crippen molar-refractivity contribution in [3.05, 3.63) is 41.2 Å². The van der Waals surface area contributed by atoms with Gasteiger partial charge in [-0.2, -0.15) is 15.0 Å². The highest BCUT2D eigenvalue weighted by Gasteiger charge is 2.09. The lowest BCUT2D eigenvalue weighted by atomic mass is 10.0. The number of nitrogens with one attached hydrogen (secondary N) is 1. The Kier molecular flexibility index (Phi) is 5.09. The van der Waals surface area contributed by atoms with Gasteiger partial charge >= 0.3 is 0 Å². The standard InChI is InChI=1S/C16H23N5/c1-4-14(9-8-13-7-5-6-11(2)10-13)20-16-19-12(3)18-15(17)21-16/h5-7,10,14H,4,8-9H2,1-3H3,(H3,17,18,19,20,21). The second-order valence-electron chi connectivity index (χ2n) is 5.34. The van der Waals surface area contributed by atoms with Crippen molar-refractivity contribution in [3.8, 4) is 0 Å². The van der Waals surface area contributed by atoms with E-state index in [9.17, 15) is 0 Å². The van der Waals surface area contributed by atoms with Gasteiger partial charge in [0.1, 0.15) is 5.82 Å². The number of aryl methyl sites for hydroxylation is 3. The molecule has 2 rings (SSSR count). The molecule has 1 aromatic carbocycles. The van der Waals surface area contributed by atoms with E-state index in [4.69, 9.17) is 5.73 Å². The molecule has 1 heterocycles. The van der Waals surface area contributed by atoms with E-state index in [-0.39, 0.29) is 5.95 Å². The largest absolute Gasteiger partial charge is 0.368 e. The van der Waals surface area contributed by atoms with Crippen molar-refractivity contribution in [2.75, 3.05) is 11.1 Å². The van der Waals surface area contributed by atoms with Gasteiger partial charge in [-0.1, -0.05) is 36.8 Å². The number of rotatable bonds is 6. The van der Waals surface area contributed by atoms with Crippen molar-refractivity contribution < 1.29 is 0 Å². The van der Waals surface area contributed by atoms with E-state index in [0.717, 1.165) is 19.3 Å². The van der Waals surface area contributed by atoms with Gasteiger partial charge in [0.05, 0.1) is 0 Å². The Hall–Kier alpha value is -2.17. The maximum absolute atomic E-state index is 5.66. The summed E-state index contributed by atoms with van der Waals surface area (Å²) in [4.78, 5) is 12.4. The summed E-state index contributed by atoms with van der Waals surface area (Å²) in [6, 6.07) is 8.96. The van der Waals surface area contributed by atoms with Gasteiger partial charge in [-0.15, -0.1) is 0 Å². The molecule has 0 aliphatic heterocycles. The topological polar surface area (TPSA) is 76.7 Å². The molecule has 5 heteroatoms. The quantitative estimate of drug-likeness (QED) is 0.853. The Bertz CT molecular complexity index is 577. The van der Waals surface area contributed by atoms with Crippen LogP contribution in [0.15, 0.2) is 24.3 Å². The summed E-state index contributed by atoms with van der Waals surface area (Å²) >= 11 is 0. The highest BCUT2D eigenvalue weighted by Crippen LogP contribution is 2.13. The van der Waals surface area contributed by atoms with Crippen LogP contribution in [0.5, 0.6) is 0 Å². The minimum absolute atomic E-state index is 0.263. The van der Waals surface area contributed by atoms with E-state index in [1.807, 2.05) is 6.92 Å². The third kappa shape index (κ3) is 4.70. The van der Waals surface area contributed by atoms with E-state index < -0.39 is 0 Å². The predicted octanol–water partition coefficient (Wildman–Crippen LogP) is 2.89. The van der Waals surface area contributed by atoms with Gasteiger partial charge in [0.15, 0.2) is 0 Å². The Morgan fingerprint density at radius 2 is 2.00 bits per heavy atom. The fraction of sp³-hybridized carbons (Fsp3) is 0.438. The second kappa shape index (κ2) is 7.02. The van der Waals surface area contributed by atoms with Crippen LogP contribution in [0.1, 0.15) is 36.7 Å². The Labute approximate surface area is 126 Å². The van der Waals surface area contributed by atoms with Crippen LogP contribution in [0, 0.1) is 13.8 Å². The van der Waals surface area contributed by atoms with Crippen LogP contribution in [0.2, 0.25) is 0 Å². The van der Waals surface area contributed by atoms with Crippen LogP contribution in [0.4, 0.5) is 11.9 Å². The first kappa shape index (κ1) is 15.2. The molecule has 5 nitrogen and oxygen atoms in total. The summed E-state index contributed by atoms with van der Waals surface area (Å²) in [5.41, 5.74) is 8.32. The molecule has 1 unspecified atom stereocenters. The zero-order valence-corrected chi connectivity index (χ0v) is 12.9. The van der Waals surface area contributed by atoms with Gasteiger partial charge < -0.3 is 11.1 Å². The van der Waals surface area contributed by atoms with E-state index in [1.165, 1.54) is 11.1 Å². The molecule has 0 bridgehead atoms. The fourth-order valence-corrected chi connectivity index (χ4v) is 2.34. The first-order valence-electron chi connectivity index (χ1n) is 7.37. The van der Waals surface area contributed by atoms with Gasteiger partial charge in [-0.3, -0.25) is 0 Å². The summed E-state index contributed by atoms with van der Waals surface area (Å²) in [6.45, 7) is 6.09. The average Bonchev–Trinajstić information content (AvgIpc) is 2.42. The molecule has 0 aliphatic rings. The lowest BCUT2D eigenvalue weighted by Crippen LogP contribution is -2.21. The smallest absolute Gasteiger partial charge is 0.227 e. The van der Waals surface area contributed by atoms with Gasteiger partial charge in [0, 0.05) is 6.04 Å². The van der Waals surface area contributed by atoms with Crippen molar-refractivity contribution in [2.45, 2.75) is 46.1 Å². The maximum atomic E-state index is 5.66. The van der Waals surface area contributed by atoms with Crippen molar-refractivity contribution >= 4 is 11.9 Å². The lowest BCUT2D eigenvalue weighted by Gasteiger charge is -2.17. The average molecular weight is 285 g/mol. The number of nitrogens with two attached hydrogens (primary N) is 1. The van der Waals surface area contributed by atoms with Gasteiger partial charge in [0.2, 0.25) is 11.9 Å². The number of aromatic nitrogens is 3. The molecule has 21 heavy (non-hydrogen) atoms. The van der Waals surface area contributed by atoms with E-state index in [1.54, 1.807) is 0 Å². The fourth-order valence-electron chi connectivity index (χ4n) is 2.34. The summed E-state index contributed by atoms with van der Waals surface area (Å²) in [5.74, 6) is 1.47. The highest BCUT2D eigenvalue weighted by molar-refractivity contribution is 5.32. The summed E-state index contributed by atoms with van der Waals surface area (Å²) < 4.78 is 0. The van der Waals surface area contributed by atoms with Crippen LogP contribution in [0.25, 0.3) is 0 Å². The molecule has 0 saturated carbocycles. The number of hydrogen-bond donors (Lipinski definition) is 2. The van der Waals surface area contributed by atoms with Gasteiger partial charge in [-0.05, 0) is 38.7 Å². The van der Waals surface area contributed by atoms with Crippen LogP contribution in [-0.2, 0) is 6.42 Å². The maximum Gasteiger partial charge on any atom is 0.227 e. The summed E-state index contributed by atoms with van der Waals surface area (Å²) in [6.07, 6.45) is 3.08. The van der Waals surface area contributed by atoms with Crippen LogP contribution >= 0.6 is 0 Å². The lowest BCUT2D eigenvalue weighted by molar-refractivity contribution is 0.627. The van der Waals surface area contributed by atoms with Crippen molar-refractivity contribution in [2.24, 2.45) is 0 Å². The van der Waals surface area contributed by atoms with Crippen LogP contribution in [0.3, 0.4) is 0 Å². The summed E-state index contributed by atoms with van der Waals surface area (Å²) in [7, 11) is 0. The zero-order chi connectivity index (χ0) is 15.2. The van der Waals surface area contributed by atoms with Crippen molar-refractivity contribution in [1.82, 2.24) is 15.0 Å². The molecule has 3 N–H and O–H groups in total. The third-order valence-corrected chi connectivity index (χ3v) is 3.45. The SMILES string of the molecule is CCC(CCc1cccc(C)c1)Nc1nc(C)nc(N)n1. The minimum atomic E-state index is 0.263. The Morgan fingerprint density at radius 1 is 1.19 bits per heavy atom. The molecule has 0 saturated heterocycles. The van der Waals surface area contributed by atoms with E-state index >= 15 is 0 Å².